The largest absolute Gasteiger partial charge is 0.322 e. The Balaban J connectivity index is 1.68. The minimum atomic E-state index is -3.68. The average Bonchev–Trinajstić information content (AvgIpc) is 3.04. The standard InChI is InChI=1S/C25H31N5O3S/c1-16-10-11-19(24-28-27-23-9-7-6-8-12-30(23)24)14-21(16)26-25(31)20-13-17(2)18(3)22(15-20)34(32,33)29(4)5/h10-11,13-15H,6-9,12H2,1-5H3,(H,26,31). The van der Waals surface area contributed by atoms with Gasteiger partial charge in [0.25, 0.3) is 5.91 Å². The lowest BCUT2D eigenvalue weighted by Crippen LogP contribution is -2.24. The maximum absolute atomic E-state index is 13.2. The Morgan fingerprint density at radius 3 is 2.50 bits per heavy atom. The van der Waals surface area contributed by atoms with E-state index in [0.717, 1.165) is 58.5 Å². The van der Waals surface area contributed by atoms with Gasteiger partial charge >= 0.3 is 0 Å². The van der Waals surface area contributed by atoms with Crippen molar-refractivity contribution < 1.29 is 13.2 Å². The second-order valence-corrected chi connectivity index (χ2v) is 11.2. The number of aryl methyl sites for hydroxylation is 3. The summed E-state index contributed by atoms with van der Waals surface area (Å²) in [7, 11) is -0.714. The first-order valence-electron chi connectivity index (χ1n) is 11.5. The van der Waals surface area contributed by atoms with E-state index in [1.54, 1.807) is 13.0 Å². The topological polar surface area (TPSA) is 97.2 Å². The molecule has 2 aromatic carbocycles. The molecule has 1 aromatic heterocycles. The zero-order valence-electron chi connectivity index (χ0n) is 20.3. The SMILES string of the molecule is Cc1ccc(-c2nnc3n2CCCCC3)cc1NC(=O)c1cc(C)c(C)c(S(=O)(=O)N(C)C)c1. The quantitative estimate of drug-likeness (QED) is 0.592. The van der Waals surface area contributed by atoms with Gasteiger partial charge in [-0.2, -0.15) is 0 Å². The number of anilines is 1. The summed E-state index contributed by atoms with van der Waals surface area (Å²) < 4.78 is 28.9. The molecular formula is C25H31N5O3S. The summed E-state index contributed by atoms with van der Waals surface area (Å²) in [6.07, 6.45) is 4.32. The first kappa shape index (κ1) is 24.1. The molecule has 34 heavy (non-hydrogen) atoms. The van der Waals surface area contributed by atoms with Crippen LogP contribution in [0, 0.1) is 20.8 Å². The lowest BCUT2D eigenvalue weighted by atomic mass is 10.0. The maximum atomic E-state index is 13.2. The number of aromatic nitrogens is 3. The predicted molar refractivity (Wildman–Crippen MR) is 132 cm³/mol. The molecule has 8 nitrogen and oxygen atoms in total. The number of rotatable bonds is 5. The molecule has 180 valence electrons. The molecule has 0 saturated carbocycles. The van der Waals surface area contributed by atoms with Crippen molar-refractivity contribution in [1.29, 1.82) is 0 Å². The summed E-state index contributed by atoms with van der Waals surface area (Å²) in [4.78, 5) is 13.3. The van der Waals surface area contributed by atoms with Crippen molar-refractivity contribution >= 4 is 21.6 Å². The van der Waals surface area contributed by atoms with Gasteiger partial charge in [0.15, 0.2) is 5.82 Å². The molecule has 0 saturated heterocycles. The number of carbonyl (C=O) groups is 1. The highest BCUT2D eigenvalue weighted by molar-refractivity contribution is 7.89. The Bertz CT molecular complexity index is 1360. The van der Waals surface area contributed by atoms with Gasteiger partial charge in [-0.05, 0) is 68.5 Å². The van der Waals surface area contributed by atoms with E-state index < -0.39 is 10.0 Å². The van der Waals surface area contributed by atoms with Crippen LogP contribution in [0.25, 0.3) is 11.4 Å². The number of sulfonamides is 1. The van der Waals surface area contributed by atoms with Crippen molar-refractivity contribution in [2.45, 2.75) is 57.9 Å². The molecule has 1 aliphatic heterocycles. The minimum absolute atomic E-state index is 0.138. The molecule has 0 aliphatic carbocycles. The Kier molecular flexibility index (Phi) is 6.60. The normalized spacial score (nSPS) is 14.1. The molecule has 1 amide bonds. The third-order valence-electron chi connectivity index (χ3n) is 6.49. The van der Waals surface area contributed by atoms with Crippen LogP contribution in [0.4, 0.5) is 5.69 Å². The number of fused-ring (bicyclic) bond motifs is 1. The first-order chi connectivity index (χ1) is 16.1. The van der Waals surface area contributed by atoms with Gasteiger partial charge in [-0.3, -0.25) is 4.79 Å². The lowest BCUT2D eigenvalue weighted by Gasteiger charge is -2.17. The van der Waals surface area contributed by atoms with Gasteiger partial charge in [-0.15, -0.1) is 10.2 Å². The van der Waals surface area contributed by atoms with Crippen molar-refractivity contribution in [2.24, 2.45) is 0 Å². The summed E-state index contributed by atoms with van der Waals surface area (Å²) in [6.45, 7) is 6.37. The number of nitrogens with one attached hydrogen (secondary N) is 1. The number of amides is 1. The van der Waals surface area contributed by atoms with Gasteiger partial charge in [0, 0.05) is 43.9 Å². The van der Waals surface area contributed by atoms with E-state index in [2.05, 4.69) is 20.1 Å². The Morgan fingerprint density at radius 1 is 1.00 bits per heavy atom. The molecule has 0 atom stereocenters. The number of nitrogens with zero attached hydrogens (tertiary/aromatic N) is 4. The summed E-state index contributed by atoms with van der Waals surface area (Å²) in [5.41, 5.74) is 4.12. The van der Waals surface area contributed by atoms with E-state index in [1.165, 1.54) is 26.6 Å². The third kappa shape index (κ3) is 4.50. The van der Waals surface area contributed by atoms with Crippen LogP contribution in [-0.4, -0.2) is 47.5 Å². The fourth-order valence-electron chi connectivity index (χ4n) is 4.21. The molecule has 0 radical (unpaired) electrons. The fraction of sp³-hybridized carbons (Fsp3) is 0.400. The van der Waals surface area contributed by atoms with Crippen LogP contribution in [0.15, 0.2) is 35.2 Å². The first-order valence-corrected chi connectivity index (χ1v) is 12.9. The molecule has 1 N–H and O–H groups in total. The van der Waals surface area contributed by atoms with Gasteiger partial charge in [0.05, 0.1) is 4.90 Å². The molecule has 0 bridgehead atoms. The monoisotopic (exact) mass is 481 g/mol. The van der Waals surface area contributed by atoms with E-state index in [9.17, 15) is 13.2 Å². The average molecular weight is 482 g/mol. The van der Waals surface area contributed by atoms with Crippen molar-refractivity contribution in [1.82, 2.24) is 19.1 Å². The molecule has 3 aromatic rings. The Morgan fingerprint density at radius 2 is 1.76 bits per heavy atom. The number of hydrogen-bond donors (Lipinski definition) is 1. The minimum Gasteiger partial charge on any atom is -0.322 e. The van der Waals surface area contributed by atoms with E-state index in [1.807, 2.05) is 32.0 Å². The summed E-state index contributed by atoms with van der Waals surface area (Å²) >= 11 is 0. The molecule has 0 spiro atoms. The van der Waals surface area contributed by atoms with Crippen molar-refractivity contribution in [2.75, 3.05) is 19.4 Å². The fourth-order valence-corrected chi connectivity index (χ4v) is 5.43. The molecule has 1 aliphatic rings. The number of hydrogen-bond acceptors (Lipinski definition) is 5. The molecule has 0 unspecified atom stereocenters. The van der Waals surface area contributed by atoms with Crippen LogP contribution in [0.3, 0.4) is 0 Å². The van der Waals surface area contributed by atoms with Crippen LogP contribution in [0.2, 0.25) is 0 Å². The van der Waals surface area contributed by atoms with Crippen molar-refractivity contribution in [3.63, 3.8) is 0 Å². The molecule has 4 rings (SSSR count). The number of benzene rings is 2. The Labute approximate surface area is 201 Å². The van der Waals surface area contributed by atoms with Crippen molar-refractivity contribution in [3.05, 3.63) is 58.4 Å². The van der Waals surface area contributed by atoms with Gasteiger partial charge in [-0.1, -0.05) is 18.6 Å². The highest BCUT2D eigenvalue weighted by Crippen LogP contribution is 2.28. The highest BCUT2D eigenvalue weighted by Gasteiger charge is 2.23. The second kappa shape index (κ2) is 9.31. The second-order valence-electron chi connectivity index (χ2n) is 9.09. The van der Waals surface area contributed by atoms with E-state index >= 15 is 0 Å². The van der Waals surface area contributed by atoms with Gasteiger partial charge in [0.2, 0.25) is 10.0 Å². The van der Waals surface area contributed by atoms with E-state index in [4.69, 9.17) is 0 Å². The van der Waals surface area contributed by atoms with Crippen LogP contribution < -0.4 is 5.32 Å². The highest BCUT2D eigenvalue weighted by atomic mass is 32.2. The summed E-state index contributed by atoms with van der Waals surface area (Å²) in [6, 6.07) is 9.02. The predicted octanol–water partition coefficient (Wildman–Crippen LogP) is 4.10. The van der Waals surface area contributed by atoms with Crippen LogP contribution in [-0.2, 0) is 23.0 Å². The van der Waals surface area contributed by atoms with Gasteiger partial charge < -0.3 is 9.88 Å². The summed E-state index contributed by atoms with van der Waals surface area (Å²) in [5, 5.41) is 11.8. The van der Waals surface area contributed by atoms with Gasteiger partial charge in [0.1, 0.15) is 5.82 Å². The zero-order chi connectivity index (χ0) is 24.6. The molecule has 2 heterocycles. The molecule has 9 heteroatoms. The maximum Gasteiger partial charge on any atom is 0.255 e. The number of carbonyl (C=O) groups excluding carboxylic acids is 1. The third-order valence-corrected chi connectivity index (χ3v) is 8.44. The van der Waals surface area contributed by atoms with E-state index in [0.29, 0.717) is 16.8 Å². The van der Waals surface area contributed by atoms with Crippen LogP contribution in [0.5, 0.6) is 0 Å². The van der Waals surface area contributed by atoms with Crippen molar-refractivity contribution in [3.8, 4) is 11.4 Å². The van der Waals surface area contributed by atoms with Crippen LogP contribution in [0.1, 0.15) is 52.1 Å². The van der Waals surface area contributed by atoms with Crippen LogP contribution >= 0.6 is 0 Å². The summed E-state index contributed by atoms with van der Waals surface area (Å²) in [5.74, 6) is 1.44. The Hall–Kier alpha value is -3.04. The smallest absolute Gasteiger partial charge is 0.255 e. The molecular weight excluding hydrogens is 450 g/mol. The zero-order valence-corrected chi connectivity index (χ0v) is 21.2. The lowest BCUT2D eigenvalue weighted by molar-refractivity contribution is 0.102. The molecule has 0 fully saturated rings. The van der Waals surface area contributed by atoms with Gasteiger partial charge in [-0.25, -0.2) is 12.7 Å². The van der Waals surface area contributed by atoms with E-state index in [-0.39, 0.29) is 10.8 Å².